The molecule has 6 nitrogen and oxygen atoms in total. The summed E-state index contributed by atoms with van der Waals surface area (Å²) in [5, 5.41) is 20.4. The second kappa shape index (κ2) is 9.56. The van der Waals surface area contributed by atoms with Crippen LogP contribution in [-0.4, -0.2) is 52.3 Å². The summed E-state index contributed by atoms with van der Waals surface area (Å²) in [5.74, 6) is 1.81. The Kier molecular flexibility index (Phi) is 6.61. The van der Waals surface area contributed by atoms with Crippen molar-refractivity contribution >= 4 is 35.2 Å². The molecule has 1 amide bonds. The minimum absolute atomic E-state index is 0.129. The van der Waals surface area contributed by atoms with E-state index in [-0.39, 0.29) is 18.2 Å². The van der Waals surface area contributed by atoms with Crippen molar-refractivity contribution < 1.29 is 14.7 Å². The van der Waals surface area contributed by atoms with Crippen molar-refractivity contribution in [1.29, 1.82) is 5.41 Å². The Morgan fingerprint density at radius 3 is 2.48 bits per heavy atom. The van der Waals surface area contributed by atoms with Gasteiger partial charge in [0.15, 0.2) is 0 Å². The van der Waals surface area contributed by atoms with Crippen molar-refractivity contribution in [1.82, 2.24) is 4.90 Å². The maximum Gasteiger partial charge on any atom is 0.303 e. The van der Waals surface area contributed by atoms with Gasteiger partial charge in [0.05, 0.1) is 0 Å². The van der Waals surface area contributed by atoms with E-state index < -0.39 is 5.97 Å². The fraction of sp³-hybridized carbons (Fsp3) is 0.375. The quantitative estimate of drug-likeness (QED) is 0.487. The van der Waals surface area contributed by atoms with Crippen molar-refractivity contribution in [2.75, 3.05) is 29.9 Å². The average molecular weight is 438 g/mol. The number of amidine groups is 1. The first-order chi connectivity index (χ1) is 15.0. The highest BCUT2D eigenvalue weighted by Crippen LogP contribution is 2.28. The first-order valence-corrected chi connectivity index (χ1v) is 11.8. The Morgan fingerprint density at radius 2 is 1.77 bits per heavy atom. The Bertz CT molecular complexity index is 984. The van der Waals surface area contributed by atoms with Crippen LogP contribution in [0.1, 0.15) is 39.9 Å². The standard InChI is InChI=1S/C24H27N3O3S/c25-23(27-9-11-31-12-10-27)18-5-7-21(8-6-18)26-24(30)19-4-3-17-2-1-16(14-22(28)29)13-20(17)15-19/h3-8,15-16,25H,1-2,9-14H2,(H,26,30)(H,28,29). The zero-order valence-corrected chi connectivity index (χ0v) is 18.2. The summed E-state index contributed by atoms with van der Waals surface area (Å²) in [6, 6.07) is 13.2. The first-order valence-electron chi connectivity index (χ1n) is 10.7. The number of thioether (sulfide) groups is 1. The number of anilines is 1. The van der Waals surface area contributed by atoms with Gasteiger partial charge in [-0.15, -0.1) is 0 Å². The third-order valence-corrected chi connectivity index (χ3v) is 6.95. The second-order valence-electron chi connectivity index (χ2n) is 8.17. The molecule has 1 saturated heterocycles. The van der Waals surface area contributed by atoms with Gasteiger partial charge >= 0.3 is 5.97 Å². The lowest BCUT2D eigenvalue weighted by Crippen LogP contribution is -2.37. The van der Waals surface area contributed by atoms with Gasteiger partial charge in [-0.2, -0.15) is 11.8 Å². The number of carboxylic acid groups (broad SMARTS) is 1. The molecule has 1 unspecified atom stereocenters. The molecule has 4 rings (SSSR count). The maximum atomic E-state index is 12.8. The molecule has 2 aromatic carbocycles. The third-order valence-electron chi connectivity index (χ3n) is 6.01. The molecule has 1 heterocycles. The lowest BCUT2D eigenvalue weighted by molar-refractivity contribution is -0.138. The molecule has 0 aromatic heterocycles. The lowest BCUT2D eigenvalue weighted by Gasteiger charge is -2.28. The number of rotatable bonds is 5. The van der Waals surface area contributed by atoms with E-state index in [4.69, 9.17) is 10.5 Å². The highest BCUT2D eigenvalue weighted by Gasteiger charge is 2.22. The van der Waals surface area contributed by atoms with Gasteiger partial charge in [-0.25, -0.2) is 0 Å². The normalized spacial score (nSPS) is 18.2. The van der Waals surface area contributed by atoms with Gasteiger partial charge in [-0.05, 0) is 72.7 Å². The fourth-order valence-electron chi connectivity index (χ4n) is 4.28. The number of carboxylic acids is 1. The molecule has 31 heavy (non-hydrogen) atoms. The molecule has 1 atom stereocenters. The van der Waals surface area contributed by atoms with Crippen molar-refractivity contribution in [2.45, 2.75) is 25.7 Å². The Labute approximate surface area is 186 Å². The van der Waals surface area contributed by atoms with Gasteiger partial charge in [-0.3, -0.25) is 15.0 Å². The van der Waals surface area contributed by atoms with E-state index in [0.717, 1.165) is 48.6 Å². The summed E-state index contributed by atoms with van der Waals surface area (Å²) in [4.78, 5) is 25.9. The monoisotopic (exact) mass is 437 g/mol. The van der Waals surface area contributed by atoms with E-state index in [1.54, 1.807) is 0 Å². The number of fused-ring (bicyclic) bond motifs is 1. The Hall–Kier alpha value is -2.80. The van der Waals surface area contributed by atoms with E-state index in [9.17, 15) is 9.59 Å². The zero-order valence-electron chi connectivity index (χ0n) is 17.4. The van der Waals surface area contributed by atoms with E-state index in [1.807, 2.05) is 54.2 Å². The molecule has 3 N–H and O–H groups in total. The summed E-state index contributed by atoms with van der Waals surface area (Å²) < 4.78 is 0. The SMILES string of the molecule is N=C(c1ccc(NC(=O)c2ccc3c(c2)CC(CC(=O)O)CC3)cc1)N1CCSCC1. The van der Waals surface area contributed by atoms with Gasteiger partial charge in [0.1, 0.15) is 5.84 Å². The number of amides is 1. The number of hydrogen-bond donors (Lipinski definition) is 3. The summed E-state index contributed by atoms with van der Waals surface area (Å²) in [7, 11) is 0. The van der Waals surface area contributed by atoms with Crippen LogP contribution < -0.4 is 5.32 Å². The smallest absolute Gasteiger partial charge is 0.303 e. The first kappa shape index (κ1) is 21.4. The number of nitrogens with one attached hydrogen (secondary N) is 2. The highest BCUT2D eigenvalue weighted by atomic mass is 32.2. The van der Waals surface area contributed by atoms with Gasteiger partial charge in [-0.1, -0.05) is 6.07 Å². The van der Waals surface area contributed by atoms with Crippen LogP contribution in [0.3, 0.4) is 0 Å². The molecule has 2 aliphatic rings. The highest BCUT2D eigenvalue weighted by molar-refractivity contribution is 7.99. The summed E-state index contributed by atoms with van der Waals surface area (Å²) in [6.07, 6.45) is 2.61. The predicted octanol–water partition coefficient (Wildman–Crippen LogP) is 3.89. The molecule has 1 fully saturated rings. The fourth-order valence-corrected chi connectivity index (χ4v) is 5.18. The van der Waals surface area contributed by atoms with Crippen LogP contribution in [0.2, 0.25) is 0 Å². The molecule has 1 aliphatic heterocycles. The van der Waals surface area contributed by atoms with Gasteiger partial charge in [0.25, 0.3) is 5.91 Å². The number of carbonyl (C=O) groups excluding carboxylic acids is 1. The van der Waals surface area contributed by atoms with Crippen LogP contribution in [0, 0.1) is 11.3 Å². The van der Waals surface area contributed by atoms with E-state index in [2.05, 4.69) is 10.2 Å². The minimum atomic E-state index is -0.766. The van der Waals surface area contributed by atoms with Crippen LogP contribution in [0.25, 0.3) is 0 Å². The summed E-state index contributed by atoms with van der Waals surface area (Å²) in [5.41, 5.74) is 4.41. The van der Waals surface area contributed by atoms with Crippen LogP contribution in [0.4, 0.5) is 5.69 Å². The molecule has 0 radical (unpaired) electrons. The third kappa shape index (κ3) is 5.28. The molecule has 0 spiro atoms. The molecular weight excluding hydrogens is 410 g/mol. The number of nitrogens with zero attached hydrogens (tertiary/aromatic N) is 1. The number of hydrogen-bond acceptors (Lipinski definition) is 4. The average Bonchev–Trinajstić information content (AvgIpc) is 2.79. The van der Waals surface area contributed by atoms with Gasteiger partial charge in [0.2, 0.25) is 0 Å². The van der Waals surface area contributed by atoms with Gasteiger partial charge < -0.3 is 15.3 Å². The Balaban J connectivity index is 1.40. The van der Waals surface area contributed by atoms with Crippen molar-refractivity contribution in [3.63, 3.8) is 0 Å². The molecule has 1 aliphatic carbocycles. The van der Waals surface area contributed by atoms with Crippen LogP contribution in [-0.2, 0) is 17.6 Å². The molecule has 2 aromatic rings. The lowest BCUT2D eigenvalue weighted by atomic mass is 9.81. The number of aliphatic carboxylic acids is 1. The van der Waals surface area contributed by atoms with Crippen molar-refractivity contribution in [3.05, 3.63) is 64.7 Å². The molecule has 162 valence electrons. The van der Waals surface area contributed by atoms with Crippen molar-refractivity contribution in [3.8, 4) is 0 Å². The molecular formula is C24H27N3O3S. The van der Waals surface area contributed by atoms with E-state index in [1.165, 1.54) is 5.56 Å². The zero-order chi connectivity index (χ0) is 21.8. The van der Waals surface area contributed by atoms with Crippen LogP contribution >= 0.6 is 11.8 Å². The number of aryl methyl sites for hydroxylation is 1. The number of carbonyl (C=O) groups is 2. The van der Waals surface area contributed by atoms with E-state index >= 15 is 0 Å². The Morgan fingerprint density at radius 1 is 1.06 bits per heavy atom. The van der Waals surface area contributed by atoms with Crippen LogP contribution in [0.5, 0.6) is 0 Å². The van der Waals surface area contributed by atoms with Gasteiger partial charge in [0, 0.05) is 47.8 Å². The van der Waals surface area contributed by atoms with Crippen molar-refractivity contribution in [2.24, 2.45) is 5.92 Å². The minimum Gasteiger partial charge on any atom is -0.481 e. The largest absolute Gasteiger partial charge is 0.481 e. The number of benzene rings is 2. The molecule has 7 heteroatoms. The van der Waals surface area contributed by atoms with Crippen LogP contribution in [0.15, 0.2) is 42.5 Å². The second-order valence-corrected chi connectivity index (χ2v) is 9.39. The predicted molar refractivity (Wildman–Crippen MR) is 124 cm³/mol. The molecule has 0 saturated carbocycles. The molecule has 0 bridgehead atoms. The topological polar surface area (TPSA) is 93.5 Å². The van der Waals surface area contributed by atoms with E-state index in [0.29, 0.717) is 23.5 Å². The summed E-state index contributed by atoms with van der Waals surface area (Å²) in [6.45, 7) is 1.79. The summed E-state index contributed by atoms with van der Waals surface area (Å²) >= 11 is 1.92. The maximum absolute atomic E-state index is 12.8.